The number of rotatable bonds is 47. The van der Waals surface area contributed by atoms with Crippen LogP contribution in [0.25, 0.3) is 0 Å². The van der Waals surface area contributed by atoms with Gasteiger partial charge in [-0.3, -0.25) is 14.4 Å². The molecule has 0 N–H and O–H groups in total. The highest BCUT2D eigenvalue weighted by Gasteiger charge is 2.19. The maximum atomic E-state index is 12.8. The summed E-state index contributed by atoms with van der Waals surface area (Å²) in [5.41, 5.74) is 0. The van der Waals surface area contributed by atoms with Crippen molar-refractivity contribution in [2.45, 2.75) is 264 Å². The summed E-state index contributed by atoms with van der Waals surface area (Å²) < 4.78 is 16.7. The average Bonchev–Trinajstić information content (AvgIpc) is 3.27. The van der Waals surface area contributed by atoms with Crippen LogP contribution in [0.2, 0.25) is 0 Å². The van der Waals surface area contributed by atoms with Gasteiger partial charge in [0.05, 0.1) is 0 Å². The normalized spacial score (nSPS) is 12.5. The first-order valence-corrected chi connectivity index (χ1v) is 26.3. The fraction of sp³-hybridized carbons (Fsp3) is 0.768. The van der Waals surface area contributed by atoms with Gasteiger partial charge in [0.15, 0.2) is 6.10 Å². The zero-order valence-corrected chi connectivity index (χ0v) is 40.9. The second kappa shape index (κ2) is 50.8. The summed E-state index contributed by atoms with van der Waals surface area (Å²) in [6.45, 7) is 6.46. The van der Waals surface area contributed by atoms with E-state index >= 15 is 0 Å². The Morgan fingerprint density at radius 1 is 0.339 bits per heavy atom. The lowest BCUT2D eigenvalue weighted by Crippen LogP contribution is -2.30. The number of carbonyl (C=O) groups is 3. The first-order chi connectivity index (χ1) is 30.5. The lowest BCUT2D eigenvalue weighted by atomic mass is 10.0. The Morgan fingerprint density at radius 2 is 0.661 bits per heavy atom. The predicted octanol–water partition coefficient (Wildman–Crippen LogP) is 17.3. The van der Waals surface area contributed by atoms with Gasteiger partial charge in [0, 0.05) is 19.3 Å². The molecule has 6 heteroatoms. The third-order valence-corrected chi connectivity index (χ3v) is 11.3. The molecular weight excluding hydrogens is 769 g/mol. The van der Waals surface area contributed by atoms with Crippen LogP contribution < -0.4 is 0 Å². The van der Waals surface area contributed by atoms with Crippen molar-refractivity contribution in [1.82, 2.24) is 0 Å². The van der Waals surface area contributed by atoms with Gasteiger partial charge in [0.25, 0.3) is 0 Å². The zero-order chi connectivity index (χ0) is 45.1. The van der Waals surface area contributed by atoms with E-state index in [0.717, 1.165) is 77.0 Å². The molecule has 0 bridgehead atoms. The third kappa shape index (κ3) is 48.1. The molecule has 0 rings (SSSR count). The molecule has 1 atom stereocenters. The van der Waals surface area contributed by atoms with E-state index in [0.29, 0.717) is 19.3 Å². The van der Waals surface area contributed by atoms with Crippen molar-refractivity contribution >= 4 is 17.9 Å². The topological polar surface area (TPSA) is 78.9 Å². The number of ether oxygens (including phenoxy) is 3. The highest BCUT2D eigenvalue weighted by molar-refractivity contribution is 5.71. The molecule has 0 saturated carbocycles. The van der Waals surface area contributed by atoms with Crippen LogP contribution in [-0.4, -0.2) is 37.2 Å². The molecule has 0 aromatic carbocycles. The summed E-state index contributed by atoms with van der Waals surface area (Å²) in [6.07, 6.45) is 62.2. The van der Waals surface area contributed by atoms with Gasteiger partial charge in [0.1, 0.15) is 13.2 Å². The molecule has 6 nitrogen and oxygen atoms in total. The van der Waals surface area contributed by atoms with Gasteiger partial charge in [-0.1, -0.05) is 229 Å². The molecule has 0 spiro atoms. The summed E-state index contributed by atoms with van der Waals surface area (Å²) in [7, 11) is 0. The highest BCUT2D eigenvalue weighted by Crippen LogP contribution is 2.15. The molecule has 358 valence electrons. The smallest absolute Gasteiger partial charge is 0.306 e. The van der Waals surface area contributed by atoms with Crippen molar-refractivity contribution in [1.29, 1.82) is 0 Å². The van der Waals surface area contributed by atoms with Gasteiger partial charge in [-0.2, -0.15) is 0 Å². The average molecular weight is 867 g/mol. The molecule has 1 unspecified atom stereocenters. The van der Waals surface area contributed by atoms with Crippen LogP contribution in [0.4, 0.5) is 0 Å². The van der Waals surface area contributed by atoms with Gasteiger partial charge in [-0.15, -0.1) is 0 Å². The van der Waals surface area contributed by atoms with Crippen molar-refractivity contribution in [2.24, 2.45) is 0 Å². The minimum Gasteiger partial charge on any atom is -0.462 e. The van der Waals surface area contributed by atoms with Crippen molar-refractivity contribution in [2.75, 3.05) is 13.2 Å². The monoisotopic (exact) mass is 867 g/mol. The van der Waals surface area contributed by atoms with Gasteiger partial charge < -0.3 is 14.2 Å². The molecule has 0 aromatic rings. The first-order valence-electron chi connectivity index (χ1n) is 26.3. The Balaban J connectivity index is 4.42. The van der Waals surface area contributed by atoms with Crippen LogP contribution in [0.5, 0.6) is 0 Å². The van der Waals surface area contributed by atoms with E-state index in [1.807, 2.05) is 6.08 Å². The molecule has 0 heterocycles. The molecule has 0 saturated heterocycles. The van der Waals surface area contributed by atoms with Crippen molar-refractivity contribution in [3.63, 3.8) is 0 Å². The van der Waals surface area contributed by atoms with Crippen LogP contribution in [-0.2, 0) is 28.6 Å². The summed E-state index contributed by atoms with van der Waals surface area (Å²) in [5, 5.41) is 0. The number of carbonyl (C=O) groups excluding carboxylic acids is 3. The maximum Gasteiger partial charge on any atom is 0.306 e. The second-order valence-corrected chi connectivity index (χ2v) is 17.4. The number of esters is 3. The largest absolute Gasteiger partial charge is 0.462 e. The molecule has 0 aliphatic heterocycles. The number of hydrogen-bond acceptors (Lipinski definition) is 6. The predicted molar refractivity (Wildman–Crippen MR) is 265 cm³/mol. The minimum atomic E-state index is -0.804. The van der Waals surface area contributed by atoms with Crippen molar-refractivity contribution in [3.8, 4) is 0 Å². The summed E-state index contributed by atoms with van der Waals surface area (Å²) in [6, 6.07) is 0. The fourth-order valence-electron chi connectivity index (χ4n) is 7.33. The van der Waals surface area contributed by atoms with Crippen molar-refractivity contribution in [3.05, 3.63) is 60.8 Å². The Labute approximate surface area is 383 Å². The van der Waals surface area contributed by atoms with E-state index < -0.39 is 6.10 Å². The second-order valence-electron chi connectivity index (χ2n) is 17.4. The van der Waals surface area contributed by atoms with E-state index in [1.165, 1.54) is 135 Å². The van der Waals surface area contributed by atoms with Crippen LogP contribution in [0, 0.1) is 0 Å². The van der Waals surface area contributed by atoms with E-state index in [2.05, 4.69) is 75.5 Å². The van der Waals surface area contributed by atoms with E-state index in [4.69, 9.17) is 14.2 Å². The zero-order valence-electron chi connectivity index (χ0n) is 40.9. The van der Waals surface area contributed by atoms with Gasteiger partial charge in [0.2, 0.25) is 0 Å². The SMILES string of the molecule is CC/C=C\C/C=C\C/C=C\C/C=C\CCC(=O)OCC(COC(=O)CCCCCCCCCCCCCCCCCCC)OC(=O)CCCCCCC/C=C\CCCCCCC. The maximum absolute atomic E-state index is 12.8. The number of hydrogen-bond donors (Lipinski definition) is 0. The van der Waals surface area contributed by atoms with E-state index in [9.17, 15) is 14.4 Å². The molecule has 62 heavy (non-hydrogen) atoms. The van der Waals surface area contributed by atoms with Gasteiger partial charge >= 0.3 is 17.9 Å². The fourth-order valence-corrected chi connectivity index (χ4v) is 7.33. The Morgan fingerprint density at radius 3 is 1.08 bits per heavy atom. The molecule has 0 fully saturated rings. The van der Waals surface area contributed by atoms with E-state index in [1.54, 1.807) is 0 Å². The lowest BCUT2D eigenvalue weighted by Gasteiger charge is -2.18. The minimum absolute atomic E-state index is 0.0973. The molecule has 0 amide bonds. The van der Waals surface area contributed by atoms with Crippen molar-refractivity contribution < 1.29 is 28.6 Å². The van der Waals surface area contributed by atoms with Gasteiger partial charge in [-0.25, -0.2) is 0 Å². The van der Waals surface area contributed by atoms with Crippen LogP contribution in [0.3, 0.4) is 0 Å². The summed E-state index contributed by atoms with van der Waals surface area (Å²) in [4.78, 5) is 37.9. The molecule has 0 aliphatic carbocycles. The van der Waals surface area contributed by atoms with Crippen LogP contribution >= 0.6 is 0 Å². The number of allylic oxidation sites excluding steroid dienone is 10. The quantitative estimate of drug-likeness (QED) is 0.0262. The summed E-state index contributed by atoms with van der Waals surface area (Å²) >= 11 is 0. The lowest BCUT2D eigenvalue weighted by molar-refractivity contribution is -0.166. The Kier molecular flexibility index (Phi) is 48.4. The van der Waals surface area contributed by atoms with Gasteiger partial charge in [-0.05, 0) is 70.6 Å². The molecule has 0 aromatic heterocycles. The third-order valence-electron chi connectivity index (χ3n) is 11.3. The summed E-state index contributed by atoms with van der Waals surface area (Å²) in [5.74, 6) is -0.985. The molecule has 0 aliphatic rings. The molecular formula is C56H98O6. The Bertz CT molecular complexity index is 1130. The standard InChI is InChI=1S/C56H98O6/c1-4-7-10-13-16-19-22-25-27-28-29-32-34-37-40-43-46-49-55(58)61-52-53(51-60-54(57)48-45-42-39-36-33-30-24-21-18-15-12-9-6-3)62-56(59)50-47-44-41-38-35-31-26-23-20-17-14-11-8-5-2/h9,12,18,21,23,26,30,33,39,42,53H,4-8,10-11,13-17,19-20,22,24-25,27-29,31-32,34-38,40-41,43-52H2,1-3H3/b12-9-,21-18-,26-23-,33-30-,42-39-. The Hall–Kier alpha value is -2.89. The van der Waals surface area contributed by atoms with Crippen LogP contribution in [0.1, 0.15) is 258 Å². The van der Waals surface area contributed by atoms with Crippen LogP contribution in [0.15, 0.2) is 60.8 Å². The number of unbranched alkanes of at least 4 members (excludes halogenated alkanes) is 26. The first kappa shape index (κ1) is 59.1. The highest BCUT2D eigenvalue weighted by atomic mass is 16.6. The molecule has 0 radical (unpaired) electrons. The van der Waals surface area contributed by atoms with E-state index in [-0.39, 0.29) is 37.5 Å².